The van der Waals surface area contributed by atoms with Crippen molar-refractivity contribution in [2.24, 2.45) is 0 Å². The van der Waals surface area contributed by atoms with E-state index in [1.807, 2.05) is 13.8 Å². The summed E-state index contributed by atoms with van der Waals surface area (Å²) in [5.41, 5.74) is 0.457. The Morgan fingerprint density at radius 3 is 2.47 bits per heavy atom. The number of nitrogens with one attached hydrogen (secondary N) is 1. The Bertz CT molecular complexity index is 1120. The van der Waals surface area contributed by atoms with Crippen LogP contribution < -0.4 is 19.7 Å². The molecule has 3 rings (SSSR count). The number of benzene rings is 2. The predicted octanol–water partition coefficient (Wildman–Crippen LogP) is 5.61. The normalized spacial score (nSPS) is 15.2. The number of imide groups is 2. The van der Waals surface area contributed by atoms with E-state index in [1.54, 1.807) is 12.1 Å². The lowest BCUT2D eigenvalue weighted by Crippen LogP contribution is -2.54. The summed E-state index contributed by atoms with van der Waals surface area (Å²) < 4.78 is 12.0. The Balaban J connectivity index is 2.02. The maximum absolute atomic E-state index is 13.1. The number of anilines is 1. The molecule has 0 unspecified atom stereocenters. The van der Waals surface area contributed by atoms with Crippen LogP contribution in [0.5, 0.6) is 11.5 Å². The molecule has 2 aromatic carbocycles. The topological polar surface area (TPSA) is 84.9 Å². The third kappa shape index (κ3) is 5.09. The van der Waals surface area contributed by atoms with Gasteiger partial charge in [-0.15, -0.1) is 0 Å². The van der Waals surface area contributed by atoms with Gasteiger partial charge >= 0.3 is 6.03 Å². The standard InChI is InChI=1S/C22H19BrCl2N2O5/c1-3-7-32-19-15(23)9-12(10-18(19)31-4-2)8-14-20(28)26-22(30)27(21(14)29)13-5-6-16(24)17(25)11-13/h5-6,8-11H,3-4,7H2,1-2H3,(H,26,28,30)/b14-8+. The van der Waals surface area contributed by atoms with E-state index in [-0.39, 0.29) is 21.3 Å². The molecule has 0 bridgehead atoms. The fraction of sp³-hybridized carbons (Fsp3) is 0.227. The van der Waals surface area contributed by atoms with Gasteiger partial charge in [0.2, 0.25) is 0 Å². The van der Waals surface area contributed by atoms with Gasteiger partial charge < -0.3 is 9.47 Å². The van der Waals surface area contributed by atoms with E-state index < -0.39 is 17.8 Å². The van der Waals surface area contributed by atoms with Gasteiger partial charge in [0.1, 0.15) is 5.57 Å². The summed E-state index contributed by atoms with van der Waals surface area (Å²) in [5, 5.41) is 2.61. The molecule has 1 N–H and O–H groups in total. The number of hydrogen-bond donors (Lipinski definition) is 1. The number of carbonyl (C=O) groups is 3. The Kier molecular flexibility index (Phi) is 7.82. The molecule has 0 radical (unpaired) electrons. The van der Waals surface area contributed by atoms with Crippen LogP contribution in [0.1, 0.15) is 25.8 Å². The largest absolute Gasteiger partial charge is 0.490 e. The molecule has 0 aliphatic carbocycles. The van der Waals surface area contributed by atoms with Gasteiger partial charge in [0, 0.05) is 0 Å². The molecule has 0 spiro atoms. The number of urea groups is 1. The van der Waals surface area contributed by atoms with E-state index in [2.05, 4.69) is 21.2 Å². The second kappa shape index (κ2) is 10.4. The Hall–Kier alpha value is -2.55. The molecule has 1 fully saturated rings. The van der Waals surface area contributed by atoms with Gasteiger partial charge in [-0.2, -0.15) is 0 Å². The van der Waals surface area contributed by atoms with Crippen LogP contribution in [0.4, 0.5) is 10.5 Å². The van der Waals surface area contributed by atoms with Gasteiger partial charge in [0.05, 0.1) is 33.4 Å². The van der Waals surface area contributed by atoms with Gasteiger partial charge in [-0.3, -0.25) is 14.9 Å². The van der Waals surface area contributed by atoms with Crippen molar-refractivity contribution in [3.8, 4) is 11.5 Å². The second-order valence-corrected chi connectivity index (χ2v) is 8.34. The highest BCUT2D eigenvalue weighted by Gasteiger charge is 2.37. The van der Waals surface area contributed by atoms with Crippen molar-refractivity contribution in [1.82, 2.24) is 5.32 Å². The summed E-state index contributed by atoms with van der Waals surface area (Å²) in [6, 6.07) is 6.77. The Morgan fingerprint density at radius 1 is 1.06 bits per heavy atom. The highest BCUT2D eigenvalue weighted by atomic mass is 79.9. The Labute approximate surface area is 203 Å². The van der Waals surface area contributed by atoms with E-state index in [0.717, 1.165) is 11.3 Å². The van der Waals surface area contributed by atoms with Gasteiger partial charge in [0.15, 0.2) is 11.5 Å². The summed E-state index contributed by atoms with van der Waals surface area (Å²) in [6.07, 6.45) is 2.20. The number of ether oxygens (including phenoxy) is 2. The average Bonchev–Trinajstić information content (AvgIpc) is 2.73. The minimum absolute atomic E-state index is 0.167. The van der Waals surface area contributed by atoms with Crippen LogP contribution in [0.3, 0.4) is 0 Å². The summed E-state index contributed by atoms with van der Waals surface area (Å²) >= 11 is 15.4. The molecule has 7 nitrogen and oxygen atoms in total. The monoisotopic (exact) mass is 540 g/mol. The van der Waals surface area contributed by atoms with Crippen molar-refractivity contribution in [2.75, 3.05) is 18.1 Å². The number of halogens is 3. The summed E-state index contributed by atoms with van der Waals surface area (Å²) in [5.74, 6) is -0.611. The molecule has 1 saturated heterocycles. The molecule has 0 aromatic heterocycles. The molecule has 168 valence electrons. The van der Waals surface area contributed by atoms with Crippen molar-refractivity contribution >= 4 is 68.7 Å². The smallest absolute Gasteiger partial charge is 0.335 e. The van der Waals surface area contributed by atoms with Crippen molar-refractivity contribution < 1.29 is 23.9 Å². The van der Waals surface area contributed by atoms with Crippen LogP contribution in [0, 0.1) is 0 Å². The first kappa shape index (κ1) is 24.1. The molecule has 2 aromatic rings. The zero-order valence-electron chi connectivity index (χ0n) is 17.2. The van der Waals surface area contributed by atoms with Gasteiger partial charge in [-0.25, -0.2) is 9.69 Å². The zero-order chi connectivity index (χ0) is 23.4. The number of carbonyl (C=O) groups excluding carboxylic acids is 3. The lowest BCUT2D eigenvalue weighted by atomic mass is 10.1. The molecule has 0 saturated carbocycles. The van der Waals surface area contributed by atoms with E-state index >= 15 is 0 Å². The number of hydrogen-bond acceptors (Lipinski definition) is 5. The van der Waals surface area contributed by atoms with Crippen LogP contribution in [-0.4, -0.2) is 31.1 Å². The summed E-state index contributed by atoms with van der Waals surface area (Å²) in [7, 11) is 0. The summed E-state index contributed by atoms with van der Waals surface area (Å²) in [4.78, 5) is 38.7. The van der Waals surface area contributed by atoms with E-state index in [1.165, 1.54) is 24.3 Å². The van der Waals surface area contributed by atoms with Gasteiger partial charge in [0.25, 0.3) is 11.8 Å². The molecule has 32 heavy (non-hydrogen) atoms. The fourth-order valence-corrected chi connectivity index (χ4v) is 3.83. The van der Waals surface area contributed by atoms with Crippen molar-refractivity contribution in [3.63, 3.8) is 0 Å². The first-order chi connectivity index (χ1) is 15.3. The van der Waals surface area contributed by atoms with Crippen molar-refractivity contribution in [3.05, 3.63) is 56.0 Å². The third-order valence-corrected chi connectivity index (χ3v) is 5.68. The van der Waals surface area contributed by atoms with E-state index in [0.29, 0.717) is 34.7 Å². The van der Waals surface area contributed by atoms with Crippen LogP contribution in [0.2, 0.25) is 10.0 Å². The molecule has 1 aliphatic rings. The SMILES string of the molecule is CCCOc1c(Br)cc(/C=C2\C(=O)NC(=O)N(c3ccc(Cl)c(Cl)c3)C2=O)cc1OCC. The zero-order valence-corrected chi connectivity index (χ0v) is 20.3. The molecule has 1 aliphatic heterocycles. The van der Waals surface area contributed by atoms with Crippen molar-refractivity contribution in [2.45, 2.75) is 20.3 Å². The predicted molar refractivity (Wildman–Crippen MR) is 127 cm³/mol. The summed E-state index contributed by atoms with van der Waals surface area (Å²) in [6.45, 7) is 4.72. The molecule has 4 amide bonds. The minimum Gasteiger partial charge on any atom is -0.490 e. The lowest BCUT2D eigenvalue weighted by Gasteiger charge is -2.26. The van der Waals surface area contributed by atoms with E-state index in [9.17, 15) is 14.4 Å². The van der Waals surface area contributed by atoms with Gasteiger partial charge in [-0.1, -0.05) is 30.1 Å². The third-order valence-electron chi connectivity index (χ3n) is 4.36. The molecular formula is C22H19BrCl2N2O5. The van der Waals surface area contributed by atoms with Crippen LogP contribution in [0.25, 0.3) is 6.08 Å². The minimum atomic E-state index is -0.880. The van der Waals surface area contributed by atoms with Crippen LogP contribution >= 0.6 is 39.1 Å². The highest BCUT2D eigenvalue weighted by Crippen LogP contribution is 2.38. The van der Waals surface area contributed by atoms with Gasteiger partial charge in [-0.05, 0) is 71.2 Å². The molecular weight excluding hydrogens is 523 g/mol. The second-order valence-electron chi connectivity index (χ2n) is 6.67. The first-order valence-electron chi connectivity index (χ1n) is 9.72. The number of amides is 4. The first-order valence-corrected chi connectivity index (χ1v) is 11.3. The lowest BCUT2D eigenvalue weighted by molar-refractivity contribution is -0.122. The maximum Gasteiger partial charge on any atom is 0.335 e. The van der Waals surface area contributed by atoms with E-state index in [4.69, 9.17) is 32.7 Å². The van der Waals surface area contributed by atoms with Crippen LogP contribution in [0.15, 0.2) is 40.4 Å². The maximum atomic E-state index is 13.1. The quantitative estimate of drug-likeness (QED) is 0.364. The number of nitrogens with zero attached hydrogens (tertiary/aromatic N) is 1. The highest BCUT2D eigenvalue weighted by molar-refractivity contribution is 9.10. The Morgan fingerprint density at radius 2 is 1.81 bits per heavy atom. The average molecular weight is 542 g/mol. The fourth-order valence-electron chi connectivity index (χ4n) is 2.96. The molecule has 10 heteroatoms. The number of rotatable bonds is 7. The number of barbiturate groups is 1. The van der Waals surface area contributed by atoms with Crippen molar-refractivity contribution in [1.29, 1.82) is 0 Å². The molecule has 1 heterocycles. The van der Waals surface area contributed by atoms with Crippen LogP contribution in [-0.2, 0) is 9.59 Å². The molecule has 0 atom stereocenters.